The molecule has 2 fully saturated rings. The van der Waals surface area contributed by atoms with E-state index in [1.165, 1.54) is 38.8 Å². The molecule has 2 atom stereocenters. The number of hydrogen-bond donors (Lipinski definition) is 1. The summed E-state index contributed by atoms with van der Waals surface area (Å²) < 4.78 is 5.84. The molecule has 3 heteroatoms. The second-order valence-corrected chi connectivity index (χ2v) is 6.41. The van der Waals surface area contributed by atoms with Gasteiger partial charge < -0.3 is 10.1 Å². The fraction of sp³-hybridized carbons (Fsp3) is 1.00. The molecule has 0 spiro atoms. The molecule has 0 aliphatic carbocycles. The number of ether oxygens (including phenoxy) is 1. The highest BCUT2D eigenvalue weighted by molar-refractivity contribution is 4.91. The molecule has 2 rings (SSSR count). The fourth-order valence-electron chi connectivity index (χ4n) is 3.09. The standard InChI is InChI=1S/C14H28N2O/c1-14(2,3)17-11-10-16-9-5-7-13(16)12-6-4-8-15-12/h12-13,15H,4-11H2,1-3H3. The second-order valence-electron chi connectivity index (χ2n) is 6.41. The monoisotopic (exact) mass is 240 g/mol. The van der Waals surface area contributed by atoms with E-state index in [-0.39, 0.29) is 5.60 Å². The Labute approximate surface area is 106 Å². The van der Waals surface area contributed by atoms with Crippen LogP contribution < -0.4 is 5.32 Å². The lowest BCUT2D eigenvalue weighted by molar-refractivity contribution is -0.0154. The van der Waals surface area contributed by atoms with Crippen molar-refractivity contribution in [3.63, 3.8) is 0 Å². The van der Waals surface area contributed by atoms with Crippen molar-refractivity contribution in [3.8, 4) is 0 Å². The van der Waals surface area contributed by atoms with Crippen molar-refractivity contribution in [2.45, 2.75) is 64.1 Å². The van der Waals surface area contributed by atoms with Crippen molar-refractivity contribution >= 4 is 0 Å². The molecular formula is C14H28N2O. The first-order valence-electron chi connectivity index (χ1n) is 7.18. The number of nitrogens with one attached hydrogen (secondary N) is 1. The van der Waals surface area contributed by atoms with E-state index in [9.17, 15) is 0 Å². The number of hydrogen-bond acceptors (Lipinski definition) is 3. The highest BCUT2D eigenvalue weighted by atomic mass is 16.5. The van der Waals surface area contributed by atoms with Gasteiger partial charge in [-0.3, -0.25) is 4.90 Å². The van der Waals surface area contributed by atoms with Crippen LogP contribution in [0.1, 0.15) is 46.5 Å². The Morgan fingerprint density at radius 1 is 1.24 bits per heavy atom. The normalized spacial score (nSPS) is 31.2. The van der Waals surface area contributed by atoms with Crippen LogP contribution in [0.25, 0.3) is 0 Å². The molecule has 17 heavy (non-hydrogen) atoms. The number of likely N-dealkylation sites (tertiary alicyclic amines) is 1. The summed E-state index contributed by atoms with van der Waals surface area (Å²) in [5, 5.41) is 3.65. The molecule has 2 heterocycles. The van der Waals surface area contributed by atoms with Crippen molar-refractivity contribution in [1.82, 2.24) is 10.2 Å². The van der Waals surface area contributed by atoms with E-state index in [0.29, 0.717) is 0 Å². The first-order valence-corrected chi connectivity index (χ1v) is 7.18. The largest absolute Gasteiger partial charge is 0.375 e. The zero-order valence-electron chi connectivity index (χ0n) is 11.7. The molecule has 3 nitrogen and oxygen atoms in total. The van der Waals surface area contributed by atoms with Gasteiger partial charge in [0.1, 0.15) is 0 Å². The zero-order chi connectivity index (χ0) is 12.3. The van der Waals surface area contributed by atoms with Crippen molar-refractivity contribution in [1.29, 1.82) is 0 Å². The van der Waals surface area contributed by atoms with E-state index >= 15 is 0 Å². The second kappa shape index (κ2) is 5.68. The highest BCUT2D eigenvalue weighted by Gasteiger charge is 2.32. The third-order valence-electron chi connectivity index (χ3n) is 3.89. The first-order chi connectivity index (χ1) is 8.06. The minimum Gasteiger partial charge on any atom is -0.375 e. The minimum absolute atomic E-state index is 0.000823. The van der Waals surface area contributed by atoms with Crippen LogP contribution in [0, 0.1) is 0 Å². The van der Waals surface area contributed by atoms with Crippen LogP contribution in [0.4, 0.5) is 0 Å². The van der Waals surface area contributed by atoms with Crippen molar-refractivity contribution in [2.24, 2.45) is 0 Å². The molecule has 0 aromatic carbocycles. The molecule has 2 unspecified atom stereocenters. The first kappa shape index (κ1) is 13.3. The summed E-state index contributed by atoms with van der Waals surface area (Å²) in [5.74, 6) is 0. The molecule has 0 saturated carbocycles. The maximum absolute atomic E-state index is 5.84. The van der Waals surface area contributed by atoms with Gasteiger partial charge in [0.05, 0.1) is 12.2 Å². The molecule has 0 aromatic rings. The van der Waals surface area contributed by atoms with E-state index in [1.54, 1.807) is 0 Å². The molecule has 100 valence electrons. The molecule has 0 radical (unpaired) electrons. The Bertz CT molecular complexity index is 231. The smallest absolute Gasteiger partial charge is 0.0600 e. The van der Waals surface area contributed by atoms with Gasteiger partial charge in [0.25, 0.3) is 0 Å². The summed E-state index contributed by atoms with van der Waals surface area (Å²) in [6, 6.07) is 1.51. The van der Waals surface area contributed by atoms with Crippen molar-refractivity contribution in [2.75, 3.05) is 26.2 Å². The van der Waals surface area contributed by atoms with E-state index in [2.05, 4.69) is 31.0 Å². The summed E-state index contributed by atoms with van der Waals surface area (Å²) >= 11 is 0. The molecule has 1 N–H and O–H groups in total. The fourth-order valence-corrected chi connectivity index (χ4v) is 3.09. The van der Waals surface area contributed by atoms with Crippen LogP contribution in [0.5, 0.6) is 0 Å². The van der Waals surface area contributed by atoms with Gasteiger partial charge in [0.2, 0.25) is 0 Å². The molecular weight excluding hydrogens is 212 g/mol. The summed E-state index contributed by atoms with van der Waals surface area (Å²) in [7, 11) is 0. The van der Waals surface area contributed by atoms with E-state index in [1.807, 2.05) is 0 Å². The van der Waals surface area contributed by atoms with Gasteiger partial charge in [-0.05, 0) is 59.5 Å². The van der Waals surface area contributed by atoms with Crippen LogP contribution in [0.2, 0.25) is 0 Å². The lowest BCUT2D eigenvalue weighted by Crippen LogP contribution is -2.45. The third kappa shape index (κ3) is 3.94. The summed E-state index contributed by atoms with van der Waals surface area (Å²) in [5.41, 5.74) is 0.000823. The highest BCUT2D eigenvalue weighted by Crippen LogP contribution is 2.24. The zero-order valence-corrected chi connectivity index (χ0v) is 11.7. The van der Waals surface area contributed by atoms with Gasteiger partial charge in [0.15, 0.2) is 0 Å². The Morgan fingerprint density at radius 3 is 2.71 bits per heavy atom. The predicted molar refractivity (Wildman–Crippen MR) is 71.3 cm³/mol. The maximum atomic E-state index is 5.84. The Hall–Kier alpha value is -0.120. The molecule has 0 amide bonds. The molecule has 2 saturated heterocycles. The van der Waals surface area contributed by atoms with Crippen molar-refractivity contribution < 1.29 is 4.74 Å². The van der Waals surface area contributed by atoms with Crippen molar-refractivity contribution in [3.05, 3.63) is 0 Å². The van der Waals surface area contributed by atoms with Crippen LogP contribution in [0.3, 0.4) is 0 Å². The van der Waals surface area contributed by atoms with E-state index < -0.39 is 0 Å². The lowest BCUT2D eigenvalue weighted by atomic mass is 10.0. The Kier molecular flexibility index (Phi) is 4.45. The SMILES string of the molecule is CC(C)(C)OCCN1CCCC1C1CCCN1. The van der Waals surface area contributed by atoms with Crippen LogP contribution in [-0.2, 0) is 4.74 Å². The predicted octanol–water partition coefficient (Wildman–Crippen LogP) is 2.02. The van der Waals surface area contributed by atoms with Gasteiger partial charge in [-0.2, -0.15) is 0 Å². The minimum atomic E-state index is 0.000823. The van der Waals surface area contributed by atoms with Crippen LogP contribution in [-0.4, -0.2) is 48.8 Å². The van der Waals surface area contributed by atoms with Gasteiger partial charge in [0, 0.05) is 18.6 Å². The molecule has 2 aliphatic rings. The average Bonchev–Trinajstić information content (AvgIpc) is 2.82. The summed E-state index contributed by atoms with van der Waals surface area (Å²) in [6.45, 7) is 10.8. The number of nitrogens with zero attached hydrogens (tertiary/aromatic N) is 1. The van der Waals surface area contributed by atoms with E-state index in [0.717, 1.165) is 25.2 Å². The van der Waals surface area contributed by atoms with E-state index in [4.69, 9.17) is 4.74 Å². The van der Waals surface area contributed by atoms with Crippen LogP contribution in [0.15, 0.2) is 0 Å². The average molecular weight is 240 g/mol. The Balaban J connectivity index is 1.75. The molecule has 0 bridgehead atoms. The molecule has 2 aliphatic heterocycles. The lowest BCUT2D eigenvalue weighted by Gasteiger charge is -2.30. The van der Waals surface area contributed by atoms with Gasteiger partial charge >= 0.3 is 0 Å². The summed E-state index contributed by atoms with van der Waals surface area (Å²) in [6.07, 6.45) is 5.44. The third-order valence-corrected chi connectivity index (χ3v) is 3.89. The Morgan fingerprint density at radius 2 is 2.06 bits per heavy atom. The quantitative estimate of drug-likeness (QED) is 0.813. The number of rotatable bonds is 4. The van der Waals surface area contributed by atoms with Gasteiger partial charge in [-0.1, -0.05) is 0 Å². The summed E-state index contributed by atoms with van der Waals surface area (Å²) in [4.78, 5) is 2.63. The van der Waals surface area contributed by atoms with Gasteiger partial charge in [-0.25, -0.2) is 0 Å². The maximum Gasteiger partial charge on any atom is 0.0600 e. The topological polar surface area (TPSA) is 24.5 Å². The van der Waals surface area contributed by atoms with Gasteiger partial charge in [-0.15, -0.1) is 0 Å². The molecule has 0 aromatic heterocycles. The van der Waals surface area contributed by atoms with Crippen LogP contribution >= 0.6 is 0 Å².